The van der Waals surface area contributed by atoms with E-state index in [1.165, 1.54) is 5.69 Å². The van der Waals surface area contributed by atoms with Gasteiger partial charge in [-0.15, -0.1) is 0 Å². The second-order valence-corrected chi connectivity index (χ2v) is 4.17. The number of carbonyl (C=O) groups is 1. The third-order valence-corrected chi connectivity index (χ3v) is 2.91. The van der Waals surface area contributed by atoms with Gasteiger partial charge in [0.1, 0.15) is 6.42 Å². The van der Waals surface area contributed by atoms with Gasteiger partial charge < -0.3 is 10.2 Å². The molecule has 1 unspecified atom stereocenters. The standard InChI is InChI=1S/C13H15N3O/c14-8-6-13(17)15-11-7-9-16(10-11)12-4-2-1-3-5-12/h1-5,11H,6-7,9-10H2,(H,15,17). The summed E-state index contributed by atoms with van der Waals surface area (Å²) in [6.45, 7) is 1.77. The SMILES string of the molecule is N#CCC(=O)NC1CCN(c2ccccc2)C1. The van der Waals surface area contributed by atoms with Crippen LogP contribution in [-0.4, -0.2) is 25.0 Å². The maximum absolute atomic E-state index is 11.3. The van der Waals surface area contributed by atoms with Crippen molar-refractivity contribution in [3.05, 3.63) is 30.3 Å². The molecule has 0 radical (unpaired) electrons. The molecule has 1 heterocycles. The first-order chi connectivity index (χ1) is 8.29. The Hall–Kier alpha value is -2.02. The summed E-state index contributed by atoms with van der Waals surface area (Å²) in [5, 5.41) is 11.3. The lowest BCUT2D eigenvalue weighted by Gasteiger charge is -2.18. The fraction of sp³-hybridized carbons (Fsp3) is 0.385. The van der Waals surface area contributed by atoms with Crippen LogP contribution in [-0.2, 0) is 4.79 Å². The summed E-state index contributed by atoms with van der Waals surface area (Å²) in [7, 11) is 0. The number of amides is 1. The van der Waals surface area contributed by atoms with E-state index in [0.717, 1.165) is 19.5 Å². The van der Waals surface area contributed by atoms with Gasteiger partial charge in [-0.3, -0.25) is 4.79 Å². The highest BCUT2D eigenvalue weighted by atomic mass is 16.1. The first-order valence-electron chi connectivity index (χ1n) is 5.76. The minimum atomic E-state index is -0.174. The van der Waals surface area contributed by atoms with E-state index in [-0.39, 0.29) is 18.4 Å². The highest BCUT2D eigenvalue weighted by Crippen LogP contribution is 2.19. The number of hydrogen-bond donors (Lipinski definition) is 1. The molecule has 4 nitrogen and oxygen atoms in total. The number of nitrogens with one attached hydrogen (secondary N) is 1. The van der Waals surface area contributed by atoms with E-state index in [1.807, 2.05) is 24.3 Å². The lowest BCUT2D eigenvalue weighted by Crippen LogP contribution is -2.36. The van der Waals surface area contributed by atoms with E-state index in [2.05, 4.69) is 22.3 Å². The quantitative estimate of drug-likeness (QED) is 0.849. The fourth-order valence-corrected chi connectivity index (χ4v) is 2.10. The average molecular weight is 229 g/mol. The fourth-order valence-electron chi connectivity index (χ4n) is 2.10. The third kappa shape index (κ3) is 2.97. The number of hydrogen-bond acceptors (Lipinski definition) is 3. The van der Waals surface area contributed by atoms with Crippen LogP contribution in [0.15, 0.2) is 30.3 Å². The van der Waals surface area contributed by atoms with Crippen molar-refractivity contribution < 1.29 is 4.79 Å². The Bertz CT molecular complexity index is 424. The summed E-state index contributed by atoms with van der Waals surface area (Å²) in [6, 6.07) is 12.2. The Balaban J connectivity index is 1.88. The molecular weight excluding hydrogens is 214 g/mol. The van der Waals surface area contributed by atoms with Crippen LogP contribution >= 0.6 is 0 Å². The summed E-state index contributed by atoms with van der Waals surface area (Å²) in [6.07, 6.45) is 0.883. The number of nitriles is 1. The molecule has 88 valence electrons. The van der Waals surface area contributed by atoms with E-state index in [4.69, 9.17) is 5.26 Å². The third-order valence-electron chi connectivity index (χ3n) is 2.91. The molecular formula is C13H15N3O. The first kappa shape index (κ1) is 11.5. The number of carbonyl (C=O) groups excluding carboxylic acids is 1. The smallest absolute Gasteiger partial charge is 0.234 e. The van der Waals surface area contributed by atoms with Crippen molar-refractivity contribution in [2.75, 3.05) is 18.0 Å². The molecule has 4 heteroatoms. The van der Waals surface area contributed by atoms with Crippen LogP contribution in [0.1, 0.15) is 12.8 Å². The Morgan fingerprint density at radius 3 is 2.94 bits per heavy atom. The molecule has 1 fully saturated rings. The predicted octanol–water partition coefficient (Wildman–Crippen LogP) is 1.30. The average Bonchev–Trinajstić information content (AvgIpc) is 2.79. The second-order valence-electron chi connectivity index (χ2n) is 4.17. The van der Waals surface area contributed by atoms with Crippen molar-refractivity contribution in [2.45, 2.75) is 18.9 Å². The van der Waals surface area contributed by atoms with Gasteiger partial charge in [-0.05, 0) is 18.6 Å². The highest BCUT2D eigenvalue weighted by Gasteiger charge is 2.23. The molecule has 0 bridgehead atoms. The topological polar surface area (TPSA) is 56.1 Å². The van der Waals surface area contributed by atoms with Crippen LogP contribution in [0.3, 0.4) is 0 Å². The van der Waals surface area contributed by atoms with Crippen LogP contribution in [0, 0.1) is 11.3 Å². The Morgan fingerprint density at radius 2 is 2.24 bits per heavy atom. The molecule has 1 aliphatic heterocycles. The predicted molar refractivity (Wildman–Crippen MR) is 65.4 cm³/mol. The monoisotopic (exact) mass is 229 g/mol. The van der Waals surface area contributed by atoms with Gasteiger partial charge in [-0.2, -0.15) is 5.26 Å². The summed E-state index contributed by atoms with van der Waals surface area (Å²) < 4.78 is 0. The normalized spacial score (nSPS) is 18.8. The van der Waals surface area contributed by atoms with E-state index >= 15 is 0 Å². The molecule has 0 saturated carbocycles. The molecule has 17 heavy (non-hydrogen) atoms. The van der Waals surface area contributed by atoms with Crippen LogP contribution in [0.4, 0.5) is 5.69 Å². The van der Waals surface area contributed by atoms with Gasteiger partial charge in [-0.1, -0.05) is 18.2 Å². The van der Waals surface area contributed by atoms with E-state index in [9.17, 15) is 4.79 Å². The first-order valence-corrected chi connectivity index (χ1v) is 5.76. The van der Waals surface area contributed by atoms with E-state index in [0.29, 0.717) is 0 Å². The molecule has 2 rings (SSSR count). The summed E-state index contributed by atoms with van der Waals surface area (Å²) >= 11 is 0. The van der Waals surface area contributed by atoms with Gasteiger partial charge in [0.2, 0.25) is 5.91 Å². The van der Waals surface area contributed by atoms with Crippen molar-refractivity contribution in [2.24, 2.45) is 0 Å². The maximum atomic E-state index is 11.3. The second kappa shape index (κ2) is 5.35. The molecule has 1 saturated heterocycles. The lowest BCUT2D eigenvalue weighted by atomic mass is 10.2. The Labute approximate surface area is 101 Å². The molecule has 0 aliphatic carbocycles. The number of nitrogens with zero attached hydrogens (tertiary/aromatic N) is 2. The largest absolute Gasteiger partial charge is 0.369 e. The number of benzene rings is 1. The van der Waals surface area contributed by atoms with E-state index in [1.54, 1.807) is 0 Å². The van der Waals surface area contributed by atoms with Crippen molar-refractivity contribution in [1.82, 2.24) is 5.32 Å². The van der Waals surface area contributed by atoms with Gasteiger partial charge in [0, 0.05) is 24.8 Å². The Morgan fingerprint density at radius 1 is 1.47 bits per heavy atom. The zero-order chi connectivity index (χ0) is 12.1. The molecule has 1 N–H and O–H groups in total. The van der Waals surface area contributed by atoms with Gasteiger partial charge in [0.15, 0.2) is 0 Å². The molecule has 1 atom stereocenters. The summed E-state index contributed by atoms with van der Waals surface area (Å²) in [5.74, 6) is -0.174. The van der Waals surface area contributed by atoms with Crippen LogP contribution in [0.25, 0.3) is 0 Å². The Kier molecular flexibility index (Phi) is 3.61. The highest BCUT2D eigenvalue weighted by molar-refractivity contribution is 5.78. The molecule has 0 aromatic heterocycles. The molecule has 1 aromatic carbocycles. The molecule has 1 aromatic rings. The molecule has 1 aliphatic rings. The molecule has 1 amide bonds. The zero-order valence-electron chi connectivity index (χ0n) is 9.60. The number of anilines is 1. The van der Waals surface area contributed by atoms with Gasteiger partial charge in [0.25, 0.3) is 0 Å². The summed E-state index contributed by atoms with van der Waals surface area (Å²) in [5.41, 5.74) is 1.18. The van der Waals surface area contributed by atoms with Crippen molar-refractivity contribution in [3.63, 3.8) is 0 Å². The van der Waals surface area contributed by atoms with Gasteiger partial charge in [-0.25, -0.2) is 0 Å². The lowest BCUT2D eigenvalue weighted by molar-refractivity contribution is -0.120. The van der Waals surface area contributed by atoms with Crippen molar-refractivity contribution in [3.8, 4) is 6.07 Å². The minimum absolute atomic E-state index is 0.0537. The van der Waals surface area contributed by atoms with E-state index < -0.39 is 0 Å². The van der Waals surface area contributed by atoms with Crippen LogP contribution < -0.4 is 10.2 Å². The zero-order valence-corrected chi connectivity index (χ0v) is 9.60. The number of para-hydroxylation sites is 1. The molecule has 0 spiro atoms. The number of rotatable bonds is 3. The van der Waals surface area contributed by atoms with Crippen molar-refractivity contribution >= 4 is 11.6 Å². The van der Waals surface area contributed by atoms with Crippen LogP contribution in [0.2, 0.25) is 0 Å². The summed E-state index contributed by atoms with van der Waals surface area (Å²) in [4.78, 5) is 13.5. The maximum Gasteiger partial charge on any atom is 0.234 e. The van der Waals surface area contributed by atoms with Gasteiger partial charge in [0.05, 0.1) is 6.07 Å². The van der Waals surface area contributed by atoms with Gasteiger partial charge >= 0.3 is 0 Å². The van der Waals surface area contributed by atoms with Crippen molar-refractivity contribution in [1.29, 1.82) is 5.26 Å². The minimum Gasteiger partial charge on any atom is -0.369 e. The van der Waals surface area contributed by atoms with Crippen LogP contribution in [0.5, 0.6) is 0 Å².